The first kappa shape index (κ1) is 19.3. The Kier molecular flexibility index (Phi) is 5.12. The van der Waals surface area contributed by atoms with Gasteiger partial charge in [-0.05, 0) is 36.4 Å². The van der Waals surface area contributed by atoms with Gasteiger partial charge in [0.15, 0.2) is 5.82 Å². The largest absolute Gasteiger partial charge is 0.495 e. The number of para-hydroxylation sites is 3. The number of anilines is 2. The molecule has 2 heterocycles. The normalized spacial score (nSPS) is 14.1. The first-order chi connectivity index (χ1) is 15.2. The van der Waals surface area contributed by atoms with Crippen molar-refractivity contribution < 1.29 is 9.13 Å². The lowest BCUT2D eigenvalue weighted by Crippen LogP contribution is -2.47. The summed E-state index contributed by atoms with van der Waals surface area (Å²) in [5.74, 6) is 1.83. The Labute approximate surface area is 180 Å². The number of rotatable bonds is 4. The SMILES string of the molecule is COc1ccccc1N1CCN(c2nc(-c3ccccc3F)nc3ccccc23)CC1. The zero-order valence-corrected chi connectivity index (χ0v) is 17.3. The topological polar surface area (TPSA) is 41.5 Å². The van der Waals surface area contributed by atoms with E-state index in [1.54, 1.807) is 19.2 Å². The summed E-state index contributed by atoms with van der Waals surface area (Å²) in [7, 11) is 1.70. The van der Waals surface area contributed by atoms with Gasteiger partial charge in [0.25, 0.3) is 0 Å². The molecule has 4 aromatic rings. The zero-order valence-electron chi connectivity index (χ0n) is 17.3. The summed E-state index contributed by atoms with van der Waals surface area (Å²) < 4.78 is 20.0. The Morgan fingerprint density at radius 2 is 1.45 bits per heavy atom. The summed E-state index contributed by atoms with van der Waals surface area (Å²) in [6.07, 6.45) is 0. The molecule has 0 radical (unpaired) electrons. The molecule has 1 saturated heterocycles. The van der Waals surface area contributed by atoms with Gasteiger partial charge in [0, 0.05) is 31.6 Å². The van der Waals surface area contributed by atoms with Crippen LogP contribution in [0.4, 0.5) is 15.9 Å². The summed E-state index contributed by atoms with van der Waals surface area (Å²) in [6.45, 7) is 3.28. The molecule has 3 aromatic carbocycles. The Morgan fingerprint density at radius 1 is 0.774 bits per heavy atom. The van der Waals surface area contributed by atoms with Crippen LogP contribution in [-0.2, 0) is 0 Å². The average molecular weight is 414 g/mol. The number of fused-ring (bicyclic) bond motifs is 1. The van der Waals surface area contributed by atoms with Crippen molar-refractivity contribution in [3.63, 3.8) is 0 Å². The molecule has 0 aliphatic carbocycles. The van der Waals surface area contributed by atoms with Gasteiger partial charge in [-0.25, -0.2) is 14.4 Å². The molecule has 5 rings (SSSR count). The molecule has 0 amide bonds. The number of halogens is 1. The fourth-order valence-electron chi connectivity index (χ4n) is 4.11. The summed E-state index contributed by atoms with van der Waals surface area (Å²) in [5, 5.41) is 0.980. The van der Waals surface area contributed by atoms with Crippen molar-refractivity contribution in [2.75, 3.05) is 43.1 Å². The molecule has 0 bridgehead atoms. The third kappa shape index (κ3) is 3.65. The van der Waals surface area contributed by atoms with E-state index < -0.39 is 0 Å². The van der Waals surface area contributed by atoms with Crippen molar-refractivity contribution in [2.45, 2.75) is 0 Å². The number of nitrogens with zero attached hydrogens (tertiary/aromatic N) is 4. The van der Waals surface area contributed by atoms with E-state index in [1.807, 2.05) is 48.5 Å². The number of ether oxygens (including phenoxy) is 1. The second-order valence-electron chi connectivity index (χ2n) is 7.51. The highest BCUT2D eigenvalue weighted by Crippen LogP contribution is 2.32. The van der Waals surface area contributed by atoms with Gasteiger partial charge in [-0.3, -0.25) is 0 Å². The van der Waals surface area contributed by atoms with Crippen molar-refractivity contribution in [3.05, 3.63) is 78.6 Å². The van der Waals surface area contributed by atoms with E-state index in [-0.39, 0.29) is 5.82 Å². The minimum Gasteiger partial charge on any atom is -0.495 e. The number of aromatic nitrogens is 2. The number of methoxy groups -OCH3 is 1. The van der Waals surface area contributed by atoms with Gasteiger partial charge in [0.1, 0.15) is 17.4 Å². The van der Waals surface area contributed by atoms with Gasteiger partial charge < -0.3 is 14.5 Å². The van der Waals surface area contributed by atoms with Crippen LogP contribution in [0.15, 0.2) is 72.8 Å². The highest BCUT2D eigenvalue weighted by molar-refractivity contribution is 5.91. The van der Waals surface area contributed by atoms with Crippen LogP contribution in [0.25, 0.3) is 22.3 Å². The molecule has 6 heteroatoms. The molecule has 156 valence electrons. The standard InChI is InChI=1S/C25H23FN4O/c1-31-23-13-7-6-12-22(23)29-14-16-30(17-15-29)25-19-9-3-5-11-21(19)27-24(28-25)18-8-2-4-10-20(18)26/h2-13H,14-17H2,1H3. The van der Waals surface area contributed by atoms with E-state index in [1.165, 1.54) is 6.07 Å². The Balaban J connectivity index is 1.49. The Hall–Kier alpha value is -3.67. The first-order valence-corrected chi connectivity index (χ1v) is 10.4. The molecular weight excluding hydrogens is 391 g/mol. The fraction of sp³-hybridized carbons (Fsp3) is 0.200. The van der Waals surface area contributed by atoms with E-state index in [2.05, 4.69) is 20.9 Å². The minimum atomic E-state index is -0.315. The van der Waals surface area contributed by atoms with E-state index in [0.29, 0.717) is 11.4 Å². The number of hydrogen-bond acceptors (Lipinski definition) is 5. The maximum Gasteiger partial charge on any atom is 0.165 e. The van der Waals surface area contributed by atoms with Crippen LogP contribution in [0.2, 0.25) is 0 Å². The summed E-state index contributed by atoms with van der Waals surface area (Å²) in [6, 6.07) is 22.7. The smallest absolute Gasteiger partial charge is 0.165 e. The molecule has 0 spiro atoms. The van der Waals surface area contributed by atoms with Crippen LogP contribution in [0.3, 0.4) is 0 Å². The molecule has 1 fully saturated rings. The van der Waals surface area contributed by atoms with Crippen molar-refractivity contribution in [1.82, 2.24) is 9.97 Å². The predicted octanol–water partition coefficient (Wildman–Crippen LogP) is 4.77. The van der Waals surface area contributed by atoms with E-state index in [9.17, 15) is 4.39 Å². The molecule has 0 unspecified atom stereocenters. The molecule has 0 N–H and O–H groups in total. The van der Waals surface area contributed by atoms with E-state index in [4.69, 9.17) is 9.72 Å². The summed E-state index contributed by atoms with van der Waals surface area (Å²) in [5.41, 5.74) is 2.34. The van der Waals surface area contributed by atoms with Crippen LogP contribution in [-0.4, -0.2) is 43.3 Å². The van der Waals surface area contributed by atoms with Crippen molar-refractivity contribution in [3.8, 4) is 17.1 Å². The maximum absolute atomic E-state index is 14.4. The number of piperazine rings is 1. The maximum atomic E-state index is 14.4. The number of benzene rings is 3. The van der Waals surface area contributed by atoms with Crippen LogP contribution >= 0.6 is 0 Å². The van der Waals surface area contributed by atoms with Crippen LogP contribution in [0.1, 0.15) is 0 Å². The Morgan fingerprint density at radius 3 is 2.26 bits per heavy atom. The van der Waals surface area contributed by atoms with Gasteiger partial charge in [-0.1, -0.05) is 36.4 Å². The highest BCUT2D eigenvalue weighted by atomic mass is 19.1. The molecule has 1 aromatic heterocycles. The molecule has 0 saturated carbocycles. The average Bonchev–Trinajstić information content (AvgIpc) is 2.84. The van der Waals surface area contributed by atoms with E-state index in [0.717, 1.165) is 54.3 Å². The van der Waals surface area contributed by atoms with Gasteiger partial charge in [0.05, 0.1) is 23.9 Å². The lowest BCUT2D eigenvalue weighted by Gasteiger charge is -2.37. The van der Waals surface area contributed by atoms with Crippen molar-refractivity contribution >= 4 is 22.4 Å². The van der Waals surface area contributed by atoms with Gasteiger partial charge in [-0.15, -0.1) is 0 Å². The summed E-state index contributed by atoms with van der Waals surface area (Å²) in [4.78, 5) is 14.1. The van der Waals surface area contributed by atoms with Gasteiger partial charge >= 0.3 is 0 Å². The number of hydrogen-bond donors (Lipinski definition) is 0. The lowest BCUT2D eigenvalue weighted by molar-refractivity contribution is 0.413. The Bertz CT molecular complexity index is 1220. The second kappa shape index (κ2) is 8.22. The molecule has 1 aliphatic heterocycles. The van der Waals surface area contributed by atoms with Gasteiger partial charge in [-0.2, -0.15) is 0 Å². The third-order valence-corrected chi connectivity index (χ3v) is 5.70. The molecule has 0 atom stereocenters. The van der Waals surface area contributed by atoms with Crippen LogP contribution in [0.5, 0.6) is 5.75 Å². The monoisotopic (exact) mass is 414 g/mol. The summed E-state index contributed by atoms with van der Waals surface area (Å²) >= 11 is 0. The first-order valence-electron chi connectivity index (χ1n) is 10.4. The van der Waals surface area contributed by atoms with E-state index >= 15 is 0 Å². The van der Waals surface area contributed by atoms with Crippen LogP contribution < -0.4 is 14.5 Å². The van der Waals surface area contributed by atoms with Gasteiger partial charge in [0.2, 0.25) is 0 Å². The fourth-order valence-corrected chi connectivity index (χ4v) is 4.11. The lowest BCUT2D eigenvalue weighted by atomic mass is 10.1. The minimum absolute atomic E-state index is 0.315. The highest BCUT2D eigenvalue weighted by Gasteiger charge is 2.23. The molecular formula is C25H23FN4O. The molecule has 31 heavy (non-hydrogen) atoms. The quantitative estimate of drug-likeness (QED) is 0.481. The van der Waals surface area contributed by atoms with Crippen molar-refractivity contribution in [2.24, 2.45) is 0 Å². The predicted molar refractivity (Wildman–Crippen MR) is 122 cm³/mol. The van der Waals surface area contributed by atoms with Crippen LogP contribution in [0, 0.1) is 5.82 Å². The third-order valence-electron chi connectivity index (χ3n) is 5.70. The molecule has 5 nitrogen and oxygen atoms in total. The molecule has 1 aliphatic rings. The van der Waals surface area contributed by atoms with Crippen molar-refractivity contribution in [1.29, 1.82) is 0 Å². The zero-order chi connectivity index (χ0) is 21.2. The second-order valence-corrected chi connectivity index (χ2v) is 7.51.